The summed E-state index contributed by atoms with van der Waals surface area (Å²) in [5, 5.41) is 0.703. The average molecular weight is 321 g/mol. The highest BCUT2D eigenvalue weighted by atomic mass is 35.5. The van der Waals surface area contributed by atoms with Crippen LogP contribution in [-0.4, -0.2) is 41.2 Å². The minimum Gasteiger partial charge on any atom is -0.346 e. The fourth-order valence-electron chi connectivity index (χ4n) is 2.95. The topological polar surface area (TPSA) is 40.6 Å². The molecule has 1 heterocycles. The van der Waals surface area contributed by atoms with Crippen LogP contribution in [0.25, 0.3) is 0 Å². The van der Waals surface area contributed by atoms with Gasteiger partial charge in [0.05, 0.1) is 0 Å². The lowest BCUT2D eigenvalue weighted by Gasteiger charge is -2.32. The number of hydrogen-bond acceptors (Lipinski definition) is 2. The molecular formula is C17H21ClN2O2. The van der Waals surface area contributed by atoms with Crippen molar-refractivity contribution in [2.24, 2.45) is 5.92 Å². The molecule has 118 valence electrons. The van der Waals surface area contributed by atoms with Crippen molar-refractivity contribution in [1.29, 1.82) is 0 Å². The molecule has 2 amide bonds. The molecule has 0 aromatic heterocycles. The van der Waals surface area contributed by atoms with Crippen molar-refractivity contribution in [2.75, 3.05) is 13.6 Å². The zero-order chi connectivity index (χ0) is 15.7. The number of piperidine rings is 1. The Hall–Kier alpha value is -1.55. The highest BCUT2D eigenvalue weighted by Crippen LogP contribution is 2.32. The predicted octanol–water partition coefficient (Wildman–Crippen LogP) is 2.70. The van der Waals surface area contributed by atoms with Crippen molar-refractivity contribution in [3.63, 3.8) is 0 Å². The van der Waals surface area contributed by atoms with Crippen molar-refractivity contribution < 1.29 is 9.59 Å². The second-order valence-electron chi connectivity index (χ2n) is 6.33. The second kappa shape index (κ2) is 6.29. The Balaban J connectivity index is 1.69. The molecule has 1 aromatic rings. The monoisotopic (exact) mass is 320 g/mol. The van der Waals surface area contributed by atoms with Crippen molar-refractivity contribution >= 4 is 23.4 Å². The quantitative estimate of drug-likeness (QED) is 0.856. The number of hydrogen-bond donors (Lipinski definition) is 0. The van der Waals surface area contributed by atoms with E-state index in [9.17, 15) is 9.59 Å². The molecule has 0 N–H and O–H groups in total. The molecule has 0 unspecified atom stereocenters. The van der Waals surface area contributed by atoms with Crippen molar-refractivity contribution in [3.8, 4) is 0 Å². The zero-order valence-corrected chi connectivity index (χ0v) is 13.6. The third-order valence-corrected chi connectivity index (χ3v) is 4.80. The normalized spacial score (nSPS) is 21.8. The zero-order valence-electron chi connectivity index (χ0n) is 12.8. The molecule has 2 fully saturated rings. The van der Waals surface area contributed by atoms with Gasteiger partial charge in [0.25, 0.3) is 0 Å². The number of rotatable bonds is 4. The third-order valence-electron chi connectivity index (χ3n) is 4.55. The summed E-state index contributed by atoms with van der Waals surface area (Å²) in [7, 11) is 1.80. The molecule has 1 aliphatic heterocycles. The van der Waals surface area contributed by atoms with E-state index in [1.54, 1.807) is 11.9 Å². The highest BCUT2D eigenvalue weighted by molar-refractivity contribution is 6.30. The number of amides is 2. The van der Waals surface area contributed by atoms with Gasteiger partial charge in [0, 0.05) is 43.5 Å². The minimum absolute atomic E-state index is 0.0758. The Kier molecular flexibility index (Phi) is 4.39. The van der Waals surface area contributed by atoms with Crippen LogP contribution in [0.1, 0.15) is 31.2 Å². The number of benzene rings is 1. The Bertz CT molecular complexity index is 569. The number of nitrogens with zero attached hydrogens (tertiary/aromatic N) is 2. The predicted molar refractivity (Wildman–Crippen MR) is 85.4 cm³/mol. The van der Waals surface area contributed by atoms with Gasteiger partial charge in [-0.2, -0.15) is 0 Å². The average Bonchev–Trinajstić information content (AvgIpc) is 3.33. The molecule has 4 nitrogen and oxygen atoms in total. The third kappa shape index (κ3) is 3.43. The van der Waals surface area contributed by atoms with Crippen LogP contribution in [0.4, 0.5) is 0 Å². The van der Waals surface area contributed by atoms with E-state index in [-0.39, 0.29) is 17.7 Å². The summed E-state index contributed by atoms with van der Waals surface area (Å²) in [6.07, 6.45) is 3.25. The van der Waals surface area contributed by atoms with Crippen molar-refractivity contribution in [3.05, 3.63) is 34.9 Å². The molecule has 1 atom stereocenters. The van der Waals surface area contributed by atoms with Crippen molar-refractivity contribution in [1.82, 2.24) is 9.80 Å². The Morgan fingerprint density at radius 1 is 1.27 bits per heavy atom. The van der Waals surface area contributed by atoms with Gasteiger partial charge in [-0.1, -0.05) is 23.7 Å². The van der Waals surface area contributed by atoms with Crippen LogP contribution in [0.5, 0.6) is 0 Å². The van der Waals surface area contributed by atoms with Crippen LogP contribution in [0, 0.1) is 5.92 Å². The largest absolute Gasteiger partial charge is 0.346 e. The second-order valence-corrected chi connectivity index (χ2v) is 6.77. The summed E-state index contributed by atoms with van der Waals surface area (Å²) in [6, 6.07) is 7.98. The molecule has 0 spiro atoms. The van der Waals surface area contributed by atoms with Crippen LogP contribution in [0.3, 0.4) is 0 Å². The Morgan fingerprint density at radius 2 is 1.95 bits per heavy atom. The number of likely N-dealkylation sites (tertiary alicyclic amines) is 1. The van der Waals surface area contributed by atoms with Crippen LogP contribution in [0.2, 0.25) is 5.02 Å². The molecule has 1 saturated carbocycles. The summed E-state index contributed by atoms with van der Waals surface area (Å²) in [6.45, 7) is 1.29. The molecule has 1 aromatic carbocycles. The van der Waals surface area contributed by atoms with Gasteiger partial charge in [-0.05, 0) is 37.0 Å². The van der Waals surface area contributed by atoms with E-state index in [2.05, 4.69) is 0 Å². The maximum absolute atomic E-state index is 12.8. The van der Waals surface area contributed by atoms with E-state index < -0.39 is 0 Å². The van der Waals surface area contributed by atoms with Crippen LogP contribution in [0.15, 0.2) is 24.3 Å². The van der Waals surface area contributed by atoms with Crippen LogP contribution >= 0.6 is 11.6 Å². The molecule has 1 aliphatic carbocycles. The fourth-order valence-corrected chi connectivity index (χ4v) is 3.07. The first-order valence-corrected chi connectivity index (χ1v) is 8.21. The maximum atomic E-state index is 12.8. The molecule has 22 heavy (non-hydrogen) atoms. The van der Waals surface area contributed by atoms with E-state index in [1.807, 2.05) is 29.2 Å². The summed E-state index contributed by atoms with van der Waals surface area (Å²) in [5.41, 5.74) is 1.09. The molecule has 0 bridgehead atoms. The van der Waals surface area contributed by atoms with Gasteiger partial charge in [0.1, 0.15) is 0 Å². The van der Waals surface area contributed by atoms with Gasteiger partial charge in [-0.25, -0.2) is 0 Å². The lowest BCUT2D eigenvalue weighted by molar-refractivity contribution is -0.145. The van der Waals surface area contributed by atoms with Crippen LogP contribution in [-0.2, 0) is 16.1 Å². The van der Waals surface area contributed by atoms with Gasteiger partial charge in [0.15, 0.2) is 0 Å². The Morgan fingerprint density at radius 3 is 2.55 bits per heavy atom. The molecular weight excluding hydrogens is 300 g/mol. The first-order chi connectivity index (χ1) is 10.5. The van der Waals surface area contributed by atoms with Gasteiger partial charge in [0.2, 0.25) is 11.8 Å². The lowest BCUT2D eigenvalue weighted by atomic mass is 9.94. The van der Waals surface area contributed by atoms with Gasteiger partial charge < -0.3 is 9.80 Å². The number of carbonyl (C=O) groups excluding carboxylic acids is 2. The number of halogens is 1. The van der Waals surface area contributed by atoms with Gasteiger partial charge in [-0.3, -0.25) is 9.59 Å². The minimum atomic E-state index is -0.156. The first kappa shape index (κ1) is 15.3. The molecule has 1 saturated heterocycles. The standard InChI is InChI=1S/C17H21ClN2O2/c1-19-9-8-13(10-16(19)21)17(22)20(15-6-7-15)11-12-2-4-14(18)5-3-12/h2-5,13,15H,6-11H2,1H3/t13-/m1/s1. The van der Waals surface area contributed by atoms with E-state index >= 15 is 0 Å². The van der Waals surface area contributed by atoms with E-state index in [1.165, 1.54) is 0 Å². The van der Waals surface area contributed by atoms with Gasteiger partial charge >= 0.3 is 0 Å². The molecule has 5 heteroatoms. The smallest absolute Gasteiger partial charge is 0.226 e. The molecule has 0 radical (unpaired) electrons. The summed E-state index contributed by atoms with van der Waals surface area (Å²) in [4.78, 5) is 28.4. The molecule has 2 aliphatic rings. The van der Waals surface area contributed by atoms with Crippen molar-refractivity contribution in [2.45, 2.75) is 38.3 Å². The maximum Gasteiger partial charge on any atom is 0.226 e. The SMILES string of the molecule is CN1CC[C@@H](C(=O)N(Cc2ccc(Cl)cc2)C2CC2)CC1=O. The van der Waals surface area contributed by atoms with Crippen LogP contribution < -0.4 is 0 Å². The van der Waals surface area contributed by atoms with E-state index in [0.29, 0.717) is 30.6 Å². The lowest BCUT2D eigenvalue weighted by Crippen LogP contribution is -2.44. The Labute approximate surface area is 136 Å². The summed E-state index contributed by atoms with van der Waals surface area (Å²) in [5.74, 6) is 0.0577. The summed E-state index contributed by atoms with van der Waals surface area (Å²) >= 11 is 5.91. The van der Waals surface area contributed by atoms with Gasteiger partial charge in [-0.15, -0.1) is 0 Å². The van der Waals surface area contributed by atoms with E-state index in [0.717, 1.165) is 24.8 Å². The first-order valence-electron chi connectivity index (χ1n) is 7.83. The number of carbonyl (C=O) groups is 2. The fraction of sp³-hybridized carbons (Fsp3) is 0.529. The highest BCUT2D eigenvalue weighted by Gasteiger charge is 2.38. The molecule has 3 rings (SSSR count). The van der Waals surface area contributed by atoms with E-state index in [4.69, 9.17) is 11.6 Å². The summed E-state index contributed by atoms with van der Waals surface area (Å²) < 4.78 is 0.